The normalized spacial score (nSPS) is 11.1. The Labute approximate surface area is 218 Å². The summed E-state index contributed by atoms with van der Waals surface area (Å²) in [6, 6.07) is 34.1. The van der Waals surface area contributed by atoms with Gasteiger partial charge < -0.3 is 0 Å². The van der Waals surface area contributed by atoms with Gasteiger partial charge in [-0.25, -0.2) is 9.67 Å². The monoisotopic (exact) mass is 492 g/mol. The molecule has 0 radical (unpaired) electrons. The highest BCUT2D eigenvalue weighted by Gasteiger charge is 2.13. The molecule has 0 spiro atoms. The Balaban J connectivity index is 1.46. The molecule has 0 bridgehead atoms. The van der Waals surface area contributed by atoms with Gasteiger partial charge in [0, 0.05) is 5.56 Å². The second-order valence-corrected chi connectivity index (χ2v) is 8.63. The van der Waals surface area contributed by atoms with Gasteiger partial charge in [0.15, 0.2) is 0 Å². The van der Waals surface area contributed by atoms with Crippen molar-refractivity contribution < 1.29 is 0 Å². The topological polar surface area (TPSA) is 89.4 Å². The van der Waals surface area contributed by atoms with Gasteiger partial charge in [0.05, 0.1) is 40.1 Å². The summed E-state index contributed by atoms with van der Waals surface area (Å²) in [7, 11) is 0. The van der Waals surface area contributed by atoms with Crippen LogP contribution in [0.15, 0.2) is 114 Å². The van der Waals surface area contributed by atoms with E-state index in [1.54, 1.807) is 27.4 Å². The summed E-state index contributed by atoms with van der Waals surface area (Å²) in [4.78, 5) is 18.6. The number of nitrogens with zero attached hydrogens (tertiary/aromatic N) is 6. The highest BCUT2D eigenvalue weighted by Crippen LogP contribution is 2.21. The summed E-state index contributed by atoms with van der Waals surface area (Å²) in [5, 5.41) is 18.2. The molecule has 0 unspecified atom stereocenters. The first kappa shape index (κ1) is 22.8. The Bertz CT molecular complexity index is 1880. The van der Waals surface area contributed by atoms with Gasteiger partial charge in [-0.15, -0.1) is 5.10 Å². The van der Waals surface area contributed by atoms with E-state index in [1.807, 2.05) is 103 Å². The maximum absolute atomic E-state index is 13.7. The van der Waals surface area contributed by atoms with Gasteiger partial charge in [0.1, 0.15) is 11.5 Å². The molecule has 0 aliphatic rings. The molecule has 180 valence electrons. The van der Waals surface area contributed by atoms with Gasteiger partial charge in [0.25, 0.3) is 5.56 Å². The van der Waals surface area contributed by atoms with E-state index in [-0.39, 0.29) is 5.56 Å². The van der Waals surface area contributed by atoms with Crippen LogP contribution in [0.4, 0.5) is 0 Å². The summed E-state index contributed by atoms with van der Waals surface area (Å²) >= 11 is 0. The largest absolute Gasteiger partial charge is 0.268 e. The predicted molar refractivity (Wildman–Crippen MR) is 148 cm³/mol. The summed E-state index contributed by atoms with van der Waals surface area (Å²) in [6.45, 7) is 0. The van der Waals surface area contributed by atoms with Crippen molar-refractivity contribution in [1.82, 2.24) is 24.5 Å². The van der Waals surface area contributed by atoms with Crippen LogP contribution in [0.25, 0.3) is 45.7 Å². The molecular weight excluding hydrogens is 472 g/mol. The molecule has 6 aromatic rings. The zero-order chi connectivity index (χ0) is 25.9. The van der Waals surface area contributed by atoms with E-state index in [9.17, 15) is 4.79 Å². The fourth-order valence-electron chi connectivity index (χ4n) is 4.24. The number of benzene rings is 4. The van der Waals surface area contributed by atoms with E-state index in [0.717, 1.165) is 28.2 Å². The van der Waals surface area contributed by atoms with Gasteiger partial charge in [-0.05, 0) is 54.1 Å². The Kier molecular flexibility index (Phi) is 5.89. The molecule has 0 N–H and O–H groups in total. The number of hydrogen-bond donors (Lipinski definition) is 0. The standard InChI is InChI=1S/C31H20N6O/c32-20-23-13-11-22(12-14-23)15-18-30-33-28-19-26(36-21-29(34-35-36)24-7-3-1-4-8-24)16-17-27(28)31(38)37(30)25-9-5-2-6-10-25/h1-19,21H/b18-15+. The Morgan fingerprint density at radius 2 is 1.53 bits per heavy atom. The maximum Gasteiger partial charge on any atom is 0.266 e. The van der Waals surface area contributed by atoms with Crippen LogP contribution in [0.5, 0.6) is 0 Å². The number of aromatic nitrogens is 5. The number of fused-ring (bicyclic) bond motifs is 1. The Morgan fingerprint density at radius 1 is 0.789 bits per heavy atom. The molecule has 0 aliphatic carbocycles. The average Bonchev–Trinajstić information content (AvgIpc) is 3.48. The zero-order valence-electron chi connectivity index (χ0n) is 20.1. The molecular formula is C31H20N6O. The molecule has 38 heavy (non-hydrogen) atoms. The predicted octanol–water partition coefficient (Wildman–Crippen LogP) is 5.68. The third-order valence-corrected chi connectivity index (χ3v) is 6.19. The molecule has 4 aromatic carbocycles. The quantitative estimate of drug-likeness (QED) is 0.309. The van der Waals surface area contributed by atoms with Crippen LogP contribution in [0.3, 0.4) is 0 Å². The summed E-state index contributed by atoms with van der Waals surface area (Å²) in [5.74, 6) is 0.485. The van der Waals surface area contributed by atoms with Gasteiger partial charge in [-0.3, -0.25) is 9.36 Å². The van der Waals surface area contributed by atoms with E-state index in [0.29, 0.717) is 22.3 Å². The minimum absolute atomic E-state index is 0.171. The van der Waals surface area contributed by atoms with Crippen molar-refractivity contribution in [3.05, 3.63) is 137 Å². The number of hydrogen-bond acceptors (Lipinski definition) is 5. The molecule has 2 heterocycles. The van der Waals surface area contributed by atoms with Crippen molar-refractivity contribution >= 4 is 23.1 Å². The first-order chi connectivity index (χ1) is 18.7. The minimum atomic E-state index is -0.171. The lowest BCUT2D eigenvalue weighted by Crippen LogP contribution is -2.22. The van der Waals surface area contributed by atoms with E-state index < -0.39 is 0 Å². The molecule has 7 heteroatoms. The summed E-state index contributed by atoms with van der Waals surface area (Å²) in [5.41, 5.74) is 5.05. The molecule has 0 saturated heterocycles. The van der Waals surface area contributed by atoms with Gasteiger partial charge in [-0.2, -0.15) is 5.26 Å². The second-order valence-electron chi connectivity index (χ2n) is 8.63. The smallest absolute Gasteiger partial charge is 0.266 e. The summed E-state index contributed by atoms with van der Waals surface area (Å²) < 4.78 is 3.28. The van der Waals surface area contributed by atoms with Crippen molar-refractivity contribution in [3.8, 4) is 28.7 Å². The van der Waals surface area contributed by atoms with Crippen LogP contribution >= 0.6 is 0 Å². The number of para-hydroxylation sites is 1. The van der Waals surface area contributed by atoms with Gasteiger partial charge in [0.2, 0.25) is 0 Å². The molecule has 6 rings (SSSR count). The van der Waals surface area contributed by atoms with E-state index in [4.69, 9.17) is 10.2 Å². The lowest BCUT2D eigenvalue weighted by Gasteiger charge is -2.12. The van der Waals surface area contributed by atoms with Crippen molar-refractivity contribution in [2.75, 3.05) is 0 Å². The van der Waals surface area contributed by atoms with E-state index in [2.05, 4.69) is 16.4 Å². The first-order valence-corrected chi connectivity index (χ1v) is 12.0. The molecule has 7 nitrogen and oxygen atoms in total. The van der Waals surface area contributed by atoms with Crippen molar-refractivity contribution in [1.29, 1.82) is 5.26 Å². The van der Waals surface area contributed by atoms with Crippen molar-refractivity contribution in [2.45, 2.75) is 0 Å². The van der Waals surface area contributed by atoms with E-state index >= 15 is 0 Å². The number of rotatable bonds is 5. The molecule has 0 saturated carbocycles. The maximum atomic E-state index is 13.7. The van der Waals surface area contributed by atoms with Crippen LogP contribution in [0, 0.1) is 11.3 Å². The second kappa shape index (κ2) is 9.80. The first-order valence-electron chi connectivity index (χ1n) is 12.0. The lowest BCUT2D eigenvalue weighted by molar-refractivity contribution is 0.804. The lowest BCUT2D eigenvalue weighted by atomic mass is 10.1. The highest BCUT2D eigenvalue weighted by molar-refractivity contribution is 5.82. The van der Waals surface area contributed by atoms with Crippen LogP contribution < -0.4 is 5.56 Å². The third-order valence-electron chi connectivity index (χ3n) is 6.19. The fraction of sp³-hybridized carbons (Fsp3) is 0. The van der Waals surface area contributed by atoms with Gasteiger partial charge >= 0.3 is 0 Å². The Hall–Kier alpha value is -5.61. The number of nitriles is 1. The molecule has 0 fully saturated rings. The molecule has 0 amide bonds. The zero-order valence-corrected chi connectivity index (χ0v) is 20.1. The van der Waals surface area contributed by atoms with Gasteiger partial charge in [-0.1, -0.05) is 72.0 Å². The molecule has 2 aromatic heterocycles. The summed E-state index contributed by atoms with van der Waals surface area (Å²) in [6.07, 6.45) is 5.54. The highest BCUT2D eigenvalue weighted by atomic mass is 16.1. The van der Waals surface area contributed by atoms with Crippen LogP contribution in [0.1, 0.15) is 17.0 Å². The fourth-order valence-corrected chi connectivity index (χ4v) is 4.24. The van der Waals surface area contributed by atoms with Crippen molar-refractivity contribution in [3.63, 3.8) is 0 Å². The van der Waals surface area contributed by atoms with Crippen molar-refractivity contribution in [2.24, 2.45) is 0 Å². The molecule has 0 aliphatic heterocycles. The van der Waals surface area contributed by atoms with E-state index in [1.165, 1.54) is 0 Å². The van der Waals surface area contributed by atoms with Crippen LogP contribution in [-0.2, 0) is 0 Å². The SMILES string of the molecule is N#Cc1ccc(/C=C/c2nc3cc(-n4cc(-c5ccccc5)nn4)ccc3c(=O)n2-c2ccccc2)cc1. The molecule has 0 atom stereocenters. The minimum Gasteiger partial charge on any atom is -0.268 e. The Morgan fingerprint density at radius 3 is 2.26 bits per heavy atom. The van der Waals surface area contributed by atoms with Crippen LogP contribution in [-0.4, -0.2) is 24.5 Å². The third kappa shape index (κ3) is 4.38. The van der Waals surface area contributed by atoms with Crippen LogP contribution in [0.2, 0.25) is 0 Å². The average molecular weight is 493 g/mol.